The quantitative estimate of drug-likeness (QED) is 0.462. The molecule has 1 aromatic carbocycles. The molecule has 1 saturated heterocycles. The molecule has 1 fully saturated rings. The number of nitrogens with zero attached hydrogens (tertiary/aromatic N) is 9. The van der Waals surface area contributed by atoms with Gasteiger partial charge in [-0.2, -0.15) is 4.80 Å². The predicted molar refractivity (Wildman–Crippen MR) is 105 cm³/mol. The van der Waals surface area contributed by atoms with E-state index < -0.39 is 23.8 Å². The lowest BCUT2D eigenvalue weighted by Crippen LogP contribution is -2.27. The largest absolute Gasteiger partial charge is 0.442 e. The Labute approximate surface area is 179 Å². The van der Waals surface area contributed by atoms with Crippen molar-refractivity contribution in [2.24, 2.45) is 7.05 Å². The van der Waals surface area contributed by atoms with E-state index in [2.05, 4.69) is 30.7 Å². The lowest BCUT2D eigenvalue weighted by molar-refractivity contribution is 0.129. The number of carbonyl (C=O) groups is 1. The molecule has 0 saturated carbocycles. The normalized spacial score (nSPS) is 15.9. The first-order chi connectivity index (χ1) is 15.5. The average Bonchev–Trinajstić information content (AvgIpc) is 3.52. The fourth-order valence-electron chi connectivity index (χ4n) is 3.39. The summed E-state index contributed by atoms with van der Waals surface area (Å²) in [6.45, 7) is 0.304. The molecule has 0 bridgehead atoms. The van der Waals surface area contributed by atoms with Crippen LogP contribution in [-0.4, -0.2) is 58.9 Å². The molecule has 11 nitrogen and oxygen atoms in total. The van der Waals surface area contributed by atoms with Crippen molar-refractivity contribution in [1.82, 2.24) is 40.2 Å². The van der Waals surface area contributed by atoms with Gasteiger partial charge in [0.1, 0.15) is 23.4 Å². The van der Waals surface area contributed by atoms with Crippen LogP contribution in [0.3, 0.4) is 0 Å². The number of hydrogen-bond donors (Lipinski definition) is 0. The number of rotatable bonds is 5. The van der Waals surface area contributed by atoms with Crippen molar-refractivity contribution >= 4 is 11.8 Å². The van der Waals surface area contributed by atoms with Crippen LogP contribution in [0.5, 0.6) is 0 Å². The topological polar surface area (TPSA) is 117 Å². The summed E-state index contributed by atoms with van der Waals surface area (Å²) in [5, 5.41) is 19.1. The molecule has 0 unspecified atom stereocenters. The molecule has 5 rings (SSSR count). The van der Waals surface area contributed by atoms with E-state index in [0.717, 1.165) is 17.0 Å². The van der Waals surface area contributed by atoms with Crippen LogP contribution in [0, 0.1) is 11.6 Å². The Morgan fingerprint density at radius 3 is 2.75 bits per heavy atom. The van der Waals surface area contributed by atoms with Crippen molar-refractivity contribution in [3.63, 3.8) is 0 Å². The van der Waals surface area contributed by atoms with E-state index in [4.69, 9.17) is 4.74 Å². The van der Waals surface area contributed by atoms with Crippen LogP contribution in [0.15, 0.2) is 42.9 Å². The van der Waals surface area contributed by atoms with Crippen molar-refractivity contribution in [2.75, 3.05) is 11.4 Å². The van der Waals surface area contributed by atoms with E-state index in [1.54, 1.807) is 25.4 Å². The smallest absolute Gasteiger partial charge is 0.414 e. The molecule has 3 aromatic heterocycles. The number of anilines is 1. The average molecular weight is 439 g/mol. The van der Waals surface area contributed by atoms with Gasteiger partial charge in [-0.3, -0.25) is 9.88 Å². The third kappa shape index (κ3) is 3.64. The van der Waals surface area contributed by atoms with Crippen molar-refractivity contribution in [1.29, 1.82) is 0 Å². The van der Waals surface area contributed by atoms with Gasteiger partial charge in [0.25, 0.3) is 0 Å². The summed E-state index contributed by atoms with van der Waals surface area (Å²) in [6.07, 6.45) is 3.17. The molecule has 1 amide bonds. The summed E-state index contributed by atoms with van der Waals surface area (Å²) in [6, 6.07) is 5.17. The Balaban J connectivity index is 1.38. The number of hydrogen-bond acceptors (Lipinski definition) is 8. The zero-order valence-corrected chi connectivity index (χ0v) is 16.6. The number of cyclic esters (lactones) is 1. The first-order valence-corrected chi connectivity index (χ1v) is 9.50. The summed E-state index contributed by atoms with van der Waals surface area (Å²) >= 11 is 0. The van der Waals surface area contributed by atoms with Gasteiger partial charge in [0.05, 0.1) is 32.0 Å². The van der Waals surface area contributed by atoms with Crippen LogP contribution in [0.2, 0.25) is 0 Å². The highest BCUT2D eigenvalue weighted by Gasteiger charge is 2.35. The van der Waals surface area contributed by atoms with Crippen LogP contribution < -0.4 is 4.90 Å². The van der Waals surface area contributed by atoms with Gasteiger partial charge < -0.3 is 4.74 Å². The third-order valence-corrected chi connectivity index (χ3v) is 4.88. The molecule has 4 heterocycles. The van der Waals surface area contributed by atoms with Crippen molar-refractivity contribution in [3.8, 4) is 22.6 Å². The molecule has 32 heavy (non-hydrogen) atoms. The summed E-state index contributed by atoms with van der Waals surface area (Å²) < 4.78 is 36.5. The fraction of sp³-hybridized carbons (Fsp3) is 0.211. The Morgan fingerprint density at radius 1 is 1.19 bits per heavy atom. The standard InChI is InChI=1S/C19H15F2N9O2/c1-28-25-18(24-27-28)16-3-2-11(8-22-16)13-6-15(21)17(7-14(13)20)30-10-12(32-19(30)31)9-29-5-4-23-26-29/h2-8,12H,9-10H2,1H3/t12-/m0/s1. The van der Waals surface area contributed by atoms with E-state index in [1.165, 1.54) is 21.9 Å². The van der Waals surface area contributed by atoms with E-state index >= 15 is 0 Å². The van der Waals surface area contributed by atoms with Crippen LogP contribution in [0.4, 0.5) is 19.3 Å². The van der Waals surface area contributed by atoms with Gasteiger partial charge in [-0.1, -0.05) is 11.3 Å². The zero-order chi connectivity index (χ0) is 22.2. The van der Waals surface area contributed by atoms with Gasteiger partial charge >= 0.3 is 6.09 Å². The van der Waals surface area contributed by atoms with Gasteiger partial charge in [-0.15, -0.1) is 15.3 Å². The minimum absolute atomic E-state index is 0.00383. The number of tetrazole rings is 1. The second-order valence-electron chi connectivity index (χ2n) is 7.06. The second-order valence-corrected chi connectivity index (χ2v) is 7.06. The fourth-order valence-corrected chi connectivity index (χ4v) is 3.39. The van der Waals surface area contributed by atoms with Crippen LogP contribution in [0.1, 0.15) is 0 Å². The number of aromatic nitrogens is 8. The lowest BCUT2D eigenvalue weighted by Gasteiger charge is -2.15. The Kier molecular flexibility index (Phi) is 4.77. The van der Waals surface area contributed by atoms with Crippen LogP contribution in [0.25, 0.3) is 22.6 Å². The number of amides is 1. The highest BCUT2D eigenvalue weighted by Crippen LogP contribution is 2.32. The molecular formula is C19H15F2N9O2. The zero-order valence-electron chi connectivity index (χ0n) is 16.6. The summed E-state index contributed by atoms with van der Waals surface area (Å²) in [5.74, 6) is -1.16. The van der Waals surface area contributed by atoms with Crippen molar-refractivity contribution in [3.05, 3.63) is 54.5 Å². The summed E-state index contributed by atoms with van der Waals surface area (Å²) in [7, 11) is 1.62. The highest BCUT2D eigenvalue weighted by atomic mass is 19.1. The minimum Gasteiger partial charge on any atom is -0.442 e. The van der Waals surface area contributed by atoms with Crippen molar-refractivity contribution < 1.29 is 18.3 Å². The first-order valence-electron chi connectivity index (χ1n) is 9.50. The van der Waals surface area contributed by atoms with E-state index in [0.29, 0.717) is 17.1 Å². The Hall–Kier alpha value is -4.29. The minimum atomic E-state index is -0.764. The molecule has 4 aromatic rings. The third-order valence-electron chi connectivity index (χ3n) is 4.88. The van der Waals surface area contributed by atoms with E-state index in [9.17, 15) is 13.6 Å². The molecule has 162 valence electrons. The second kappa shape index (κ2) is 7.76. The number of benzene rings is 1. The van der Waals surface area contributed by atoms with E-state index in [-0.39, 0.29) is 24.3 Å². The number of halogens is 2. The number of aryl methyl sites for hydroxylation is 1. The molecule has 0 spiro atoms. The molecule has 1 aliphatic heterocycles. The molecule has 0 aliphatic carbocycles. The summed E-state index contributed by atoms with van der Waals surface area (Å²) in [4.78, 5) is 18.8. The van der Waals surface area contributed by atoms with Crippen LogP contribution >= 0.6 is 0 Å². The molecule has 0 N–H and O–H groups in total. The maximum absolute atomic E-state index is 14.9. The number of carbonyl (C=O) groups excluding carboxylic acids is 1. The monoisotopic (exact) mass is 439 g/mol. The Morgan fingerprint density at radius 2 is 2.06 bits per heavy atom. The maximum atomic E-state index is 14.9. The highest BCUT2D eigenvalue weighted by molar-refractivity contribution is 5.90. The number of ether oxygens (including phenoxy) is 1. The van der Waals surface area contributed by atoms with E-state index in [1.807, 2.05) is 0 Å². The van der Waals surface area contributed by atoms with Gasteiger partial charge in [0.15, 0.2) is 0 Å². The van der Waals surface area contributed by atoms with Crippen molar-refractivity contribution in [2.45, 2.75) is 12.6 Å². The SMILES string of the molecule is Cn1nnc(-c2ccc(-c3cc(F)c(N4C[C@H](Cn5ccnn5)OC4=O)cc3F)cn2)n1. The molecule has 1 atom stereocenters. The lowest BCUT2D eigenvalue weighted by atomic mass is 10.1. The predicted octanol–water partition coefficient (Wildman–Crippen LogP) is 1.83. The summed E-state index contributed by atoms with van der Waals surface area (Å²) in [5.41, 5.74) is 0.598. The molecule has 13 heteroatoms. The molecule has 1 aliphatic rings. The van der Waals surface area contributed by atoms with Gasteiger partial charge in [-0.25, -0.2) is 18.3 Å². The molecular weight excluding hydrogens is 424 g/mol. The maximum Gasteiger partial charge on any atom is 0.414 e. The van der Waals surface area contributed by atoms with Gasteiger partial charge in [-0.05, 0) is 17.3 Å². The van der Waals surface area contributed by atoms with Gasteiger partial charge in [0, 0.05) is 29.6 Å². The molecule has 0 radical (unpaired) electrons. The number of pyridine rings is 1. The van der Waals surface area contributed by atoms with Crippen LogP contribution in [-0.2, 0) is 18.3 Å². The Bertz CT molecular complexity index is 1270. The van der Waals surface area contributed by atoms with Gasteiger partial charge in [0.2, 0.25) is 5.82 Å². The first kappa shape index (κ1) is 19.7.